The molecule has 0 aliphatic carbocycles. The largest absolute Gasteiger partial charge is 0.463 e. The Labute approximate surface area is 203 Å². The molecule has 1 aliphatic rings. The minimum Gasteiger partial charge on any atom is -0.463 e. The lowest BCUT2D eigenvalue weighted by Gasteiger charge is -2.23. The second kappa shape index (κ2) is 11.0. The average molecular weight is 510 g/mol. The Morgan fingerprint density at radius 3 is 2.29 bits per heavy atom. The normalized spacial score (nSPS) is 21.8. The summed E-state index contributed by atoms with van der Waals surface area (Å²) in [6.45, 7) is 3.41. The number of hydrogen-bond acceptors (Lipinski definition) is 13. The van der Waals surface area contributed by atoms with Crippen molar-refractivity contribution in [3.63, 3.8) is 0 Å². The second-order valence-corrected chi connectivity index (χ2v) is 8.73. The summed E-state index contributed by atoms with van der Waals surface area (Å²) in [7, 11) is 0. The molecule has 2 aromatic rings. The number of rotatable bonds is 8. The maximum atomic E-state index is 11.9. The third-order valence-electron chi connectivity index (χ3n) is 4.77. The average Bonchev–Trinajstić information content (AvgIpc) is 3.29. The van der Waals surface area contributed by atoms with Gasteiger partial charge in [-0.1, -0.05) is 11.8 Å². The van der Waals surface area contributed by atoms with E-state index in [1.165, 1.54) is 49.0 Å². The Morgan fingerprint density at radius 2 is 1.74 bits per heavy atom. The van der Waals surface area contributed by atoms with Crippen molar-refractivity contribution in [2.24, 2.45) is 0 Å². The van der Waals surface area contributed by atoms with E-state index in [9.17, 15) is 19.6 Å². The molecule has 3 heterocycles. The van der Waals surface area contributed by atoms with E-state index in [-0.39, 0.29) is 13.0 Å². The molecule has 0 saturated carbocycles. The van der Waals surface area contributed by atoms with Gasteiger partial charge in [-0.15, -0.1) is 11.8 Å². The van der Waals surface area contributed by atoms with Crippen LogP contribution in [0.15, 0.2) is 10.2 Å². The number of nitriles is 1. The van der Waals surface area contributed by atoms with Crippen LogP contribution in [-0.2, 0) is 39.8 Å². The molecule has 0 unspecified atom stereocenters. The standard InChI is InChI=1S/C20H23N5O7S2/c1-9(26)29-8-13-15(30-10(2)27)16(31-11(3)28)19(32-13)25-17-14(12(24-25)6-7-21)18(33-4)23-20(22-17)34-5/h13,15-16,19H,6,8H2,1-5H3/t13-,15-,16-,19-/m1/s1. The van der Waals surface area contributed by atoms with Crippen molar-refractivity contribution in [3.05, 3.63) is 5.69 Å². The van der Waals surface area contributed by atoms with Crippen molar-refractivity contribution < 1.29 is 33.3 Å². The topological polar surface area (TPSA) is 156 Å². The van der Waals surface area contributed by atoms with Gasteiger partial charge in [-0.2, -0.15) is 10.4 Å². The lowest BCUT2D eigenvalue weighted by molar-refractivity contribution is -0.166. The SMILES string of the molecule is CSc1nc(SC)c2c(CC#N)nn([C@@H]3O[C@H](COC(C)=O)[C@@H](OC(C)=O)[C@H]3OC(C)=O)c2n1. The van der Waals surface area contributed by atoms with Crippen molar-refractivity contribution in [2.75, 3.05) is 19.1 Å². The fourth-order valence-corrected chi connectivity index (χ4v) is 4.57. The Hall–Kier alpha value is -2.89. The van der Waals surface area contributed by atoms with Gasteiger partial charge in [0.1, 0.15) is 17.7 Å². The molecule has 0 amide bonds. The number of aromatic nitrogens is 4. The van der Waals surface area contributed by atoms with Crippen molar-refractivity contribution in [3.8, 4) is 6.07 Å². The number of esters is 3. The number of nitrogens with zero attached hydrogens (tertiary/aromatic N) is 5. The van der Waals surface area contributed by atoms with Crippen molar-refractivity contribution in [1.29, 1.82) is 5.26 Å². The predicted octanol–water partition coefficient (Wildman–Crippen LogP) is 1.66. The van der Waals surface area contributed by atoms with Crippen molar-refractivity contribution >= 4 is 52.5 Å². The van der Waals surface area contributed by atoms with Crippen LogP contribution in [0.4, 0.5) is 0 Å². The van der Waals surface area contributed by atoms with Gasteiger partial charge in [0.2, 0.25) is 0 Å². The van der Waals surface area contributed by atoms with Crippen molar-refractivity contribution in [1.82, 2.24) is 19.7 Å². The first-order valence-corrected chi connectivity index (χ1v) is 12.5. The molecule has 1 saturated heterocycles. The molecule has 0 bridgehead atoms. The quantitative estimate of drug-likeness (QED) is 0.167. The highest BCUT2D eigenvalue weighted by atomic mass is 32.2. The number of carbonyl (C=O) groups excluding carboxylic acids is 3. The molecule has 182 valence electrons. The Balaban J connectivity index is 2.18. The summed E-state index contributed by atoms with van der Waals surface area (Å²) in [4.78, 5) is 44.2. The van der Waals surface area contributed by atoms with E-state index in [1.54, 1.807) is 0 Å². The molecule has 0 aromatic carbocycles. The second-order valence-electron chi connectivity index (χ2n) is 7.16. The summed E-state index contributed by atoms with van der Waals surface area (Å²) in [5.74, 6) is -1.83. The number of fused-ring (bicyclic) bond motifs is 1. The van der Waals surface area contributed by atoms with Crippen LogP contribution in [0.25, 0.3) is 11.0 Å². The molecule has 14 heteroatoms. The fourth-order valence-electron chi connectivity index (χ4n) is 3.56. The van der Waals surface area contributed by atoms with Crippen LogP contribution in [0.3, 0.4) is 0 Å². The first kappa shape index (κ1) is 25.7. The Morgan fingerprint density at radius 1 is 1.06 bits per heavy atom. The number of ether oxygens (including phenoxy) is 4. The van der Waals surface area contributed by atoms with E-state index >= 15 is 0 Å². The Kier molecular flexibility index (Phi) is 8.34. The summed E-state index contributed by atoms with van der Waals surface area (Å²) in [6, 6.07) is 2.08. The van der Waals surface area contributed by atoms with Crippen LogP contribution in [0.5, 0.6) is 0 Å². The van der Waals surface area contributed by atoms with Gasteiger partial charge in [0.05, 0.1) is 23.6 Å². The van der Waals surface area contributed by atoms with Crippen LogP contribution >= 0.6 is 23.5 Å². The Bertz CT molecular complexity index is 1150. The summed E-state index contributed by atoms with van der Waals surface area (Å²) in [5.41, 5.74) is 0.790. The zero-order chi connectivity index (χ0) is 25.0. The molecule has 0 radical (unpaired) electrons. The maximum Gasteiger partial charge on any atom is 0.303 e. The third kappa shape index (κ3) is 5.43. The van der Waals surface area contributed by atoms with E-state index in [1.807, 2.05) is 12.5 Å². The summed E-state index contributed by atoms with van der Waals surface area (Å²) < 4.78 is 23.5. The molecule has 2 aromatic heterocycles. The number of hydrogen-bond donors (Lipinski definition) is 0. The molecular weight excluding hydrogens is 486 g/mol. The molecule has 1 aliphatic heterocycles. The van der Waals surface area contributed by atoms with Gasteiger partial charge in [0.25, 0.3) is 0 Å². The van der Waals surface area contributed by atoms with E-state index in [2.05, 4.69) is 21.1 Å². The lowest BCUT2D eigenvalue weighted by atomic mass is 10.1. The molecule has 34 heavy (non-hydrogen) atoms. The van der Waals surface area contributed by atoms with Gasteiger partial charge in [-0.25, -0.2) is 14.6 Å². The molecule has 4 atom stereocenters. The van der Waals surface area contributed by atoms with Crippen LogP contribution in [0.1, 0.15) is 32.7 Å². The number of carbonyl (C=O) groups is 3. The molecule has 0 N–H and O–H groups in total. The zero-order valence-electron chi connectivity index (χ0n) is 19.1. The van der Waals surface area contributed by atoms with Gasteiger partial charge in [-0.05, 0) is 12.5 Å². The molecular formula is C20H23N5O7S2. The van der Waals surface area contributed by atoms with E-state index < -0.39 is 42.4 Å². The molecule has 12 nitrogen and oxygen atoms in total. The highest BCUT2D eigenvalue weighted by molar-refractivity contribution is 7.99. The predicted molar refractivity (Wildman–Crippen MR) is 120 cm³/mol. The highest BCUT2D eigenvalue weighted by Crippen LogP contribution is 2.38. The monoisotopic (exact) mass is 509 g/mol. The summed E-state index contributed by atoms with van der Waals surface area (Å²) >= 11 is 2.70. The van der Waals surface area contributed by atoms with Crippen LogP contribution in [0.2, 0.25) is 0 Å². The maximum absolute atomic E-state index is 11.9. The van der Waals surface area contributed by atoms with Gasteiger partial charge in [0, 0.05) is 20.8 Å². The smallest absolute Gasteiger partial charge is 0.303 e. The molecule has 1 fully saturated rings. The van der Waals surface area contributed by atoms with Gasteiger partial charge < -0.3 is 18.9 Å². The zero-order valence-corrected chi connectivity index (χ0v) is 20.8. The first-order chi connectivity index (χ1) is 16.2. The van der Waals surface area contributed by atoms with E-state index in [0.29, 0.717) is 26.9 Å². The van der Waals surface area contributed by atoms with Gasteiger partial charge >= 0.3 is 17.9 Å². The lowest BCUT2D eigenvalue weighted by Crippen LogP contribution is -2.40. The number of thioether (sulfide) groups is 2. The fraction of sp³-hybridized carbons (Fsp3) is 0.550. The van der Waals surface area contributed by atoms with Crippen LogP contribution in [0, 0.1) is 11.3 Å². The highest BCUT2D eigenvalue weighted by Gasteiger charge is 2.51. The molecule has 3 rings (SSSR count). The molecule has 0 spiro atoms. The van der Waals surface area contributed by atoms with E-state index in [4.69, 9.17) is 18.9 Å². The van der Waals surface area contributed by atoms with Gasteiger partial charge in [-0.3, -0.25) is 14.4 Å². The van der Waals surface area contributed by atoms with Crippen LogP contribution in [-0.4, -0.2) is 75.1 Å². The third-order valence-corrected chi connectivity index (χ3v) is 6.00. The minimum atomic E-state index is -1.12. The summed E-state index contributed by atoms with van der Waals surface area (Å²) in [5, 5.41) is 15.6. The van der Waals surface area contributed by atoms with E-state index in [0.717, 1.165) is 0 Å². The van der Waals surface area contributed by atoms with Crippen LogP contribution < -0.4 is 0 Å². The summed E-state index contributed by atoms with van der Waals surface area (Å²) in [6.07, 6.45) is -0.572. The first-order valence-electron chi connectivity index (χ1n) is 10.1. The minimum absolute atomic E-state index is 0.0196. The van der Waals surface area contributed by atoms with Gasteiger partial charge in [0.15, 0.2) is 29.2 Å². The van der Waals surface area contributed by atoms with Crippen molar-refractivity contribution in [2.45, 2.75) is 61.9 Å².